The van der Waals surface area contributed by atoms with Crippen LogP contribution in [0.3, 0.4) is 0 Å². The fraction of sp³-hybridized carbons (Fsp3) is 0.214. The molecule has 0 bridgehead atoms. The van der Waals surface area contributed by atoms with E-state index in [2.05, 4.69) is 4.72 Å². The van der Waals surface area contributed by atoms with Gasteiger partial charge in [0, 0.05) is 0 Å². The lowest BCUT2D eigenvalue weighted by Gasteiger charge is -2.13. The zero-order chi connectivity index (χ0) is 16.2. The van der Waals surface area contributed by atoms with Gasteiger partial charge in [0.1, 0.15) is 16.9 Å². The molecule has 0 atom stereocenters. The van der Waals surface area contributed by atoms with Crippen molar-refractivity contribution in [2.24, 2.45) is 0 Å². The van der Waals surface area contributed by atoms with E-state index in [9.17, 15) is 13.2 Å². The number of anilines is 1. The largest absolute Gasteiger partial charge is 0.491 e. The minimum absolute atomic E-state index is 0.0475. The second-order valence-electron chi connectivity index (χ2n) is 4.43. The monoisotopic (exact) mass is 325 g/mol. The number of hydrogen-bond donors (Lipinski definition) is 2. The smallest absolute Gasteiger partial charge is 0.335 e. The number of carbonyl (C=O) groups is 1. The predicted molar refractivity (Wildman–Crippen MR) is 78.7 cm³/mol. The van der Waals surface area contributed by atoms with Crippen molar-refractivity contribution in [2.75, 3.05) is 11.3 Å². The zero-order valence-electron chi connectivity index (χ0n) is 11.8. The molecule has 2 aromatic rings. The molecular formula is C14H15NO6S. The van der Waals surface area contributed by atoms with Crippen molar-refractivity contribution in [3.05, 3.63) is 42.4 Å². The van der Waals surface area contributed by atoms with Crippen molar-refractivity contribution in [2.45, 2.75) is 18.2 Å². The van der Waals surface area contributed by atoms with E-state index in [0.29, 0.717) is 6.61 Å². The maximum absolute atomic E-state index is 12.2. The first-order chi connectivity index (χ1) is 10.4. The van der Waals surface area contributed by atoms with E-state index >= 15 is 0 Å². The fourth-order valence-corrected chi connectivity index (χ4v) is 2.67. The number of ether oxygens (including phenoxy) is 1. The molecule has 0 aliphatic rings. The molecule has 0 aliphatic carbocycles. The summed E-state index contributed by atoms with van der Waals surface area (Å²) in [4.78, 5) is 11.0. The van der Waals surface area contributed by atoms with Gasteiger partial charge in [-0.05, 0) is 30.7 Å². The van der Waals surface area contributed by atoms with E-state index in [0.717, 1.165) is 12.7 Å². The lowest BCUT2D eigenvalue weighted by atomic mass is 10.2. The van der Waals surface area contributed by atoms with Crippen LogP contribution >= 0.6 is 0 Å². The lowest BCUT2D eigenvalue weighted by molar-refractivity contribution is 0.0697. The molecule has 0 radical (unpaired) electrons. The van der Waals surface area contributed by atoms with Crippen LogP contribution in [0.25, 0.3) is 0 Å². The maximum atomic E-state index is 12.2. The molecule has 1 aromatic carbocycles. The topological polar surface area (TPSA) is 106 Å². The first kappa shape index (κ1) is 15.9. The number of sulfonamides is 1. The Hall–Kier alpha value is -2.48. The van der Waals surface area contributed by atoms with Crippen LogP contribution in [0.15, 0.2) is 46.1 Å². The zero-order valence-corrected chi connectivity index (χ0v) is 12.6. The molecule has 0 spiro atoms. The predicted octanol–water partition coefficient (Wildman–Crippen LogP) is 2.57. The summed E-state index contributed by atoms with van der Waals surface area (Å²) in [6.45, 7) is 2.29. The van der Waals surface area contributed by atoms with Crippen LogP contribution in [0, 0.1) is 0 Å². The third-order valence-electron chi connectivity index (χ3n) is 2.74. The summed E-state index contributed by atoms with van der Waals surface area (Å²) >= 11 is 0. The Kier molecular flexibility index (Phi) is 4.71. The second kappa shape index (κ2) is 6.52. The summed E-state index contributed by atoms with van der Waals surface area (Å²) in [6, 6.07) is 5.27. The molecule has 8 heteroatoms. The van der Waals surface area contributed by atoms with Crippen LogP contribution in [0.1, 0.15) is 23.7 Å². The van der Waals surface area contributed by atoms with Crippen LogP contribution in [-0.2, 0) is 10.0 Å². The van der Waals surface area contributed by atoms with E-state index in [1.54, 1.807) is 0 Å². The van der Waals surface area contributed by atoms with Gasteiger partial charge in [-0.25, -0.2) is 13.2 Å². The van der Waals surface area contributed by atoms with E-state index in [1.807, 2.05) is 6.92 Å². The summed E-state index contributed by atoms with van der Waals surface area (Å²) in [5.74, 6) is -0.898. The fourth-order valence-electron chi connectivity index (χ4n) is 1.69. The Morgan fingerprint density at radius 2 is 2.14 bits per heavy atom. The average Bonchev–Trinajstić information content (AvgIpc) is 3.00. The van der Waals surface area contributed by atoms with Gasteiger partial charge in [0.05, 0.1) is 24.1 Å². The molecule has 0 aliphatic heterocycles. The number of hydrogen-bond acceptors (Lipinski definition) is 5. The Morgan fingerprint density at radius 1 is 1.36 bits per heavy atom. The van der Waals surface area contributed by atoms with Crippen molar-refractivity contribution >= 4 is 21.7 Å². The highest BCUT2D eigenvalue weighted by Gasteiger charge is 2.19. The van der Waals surface area contributed by atoms with Crippen molar-refractivity contribution in [1.82, 2.24) is 0 Å². The van der Waals surface area contributed by atoms with Gasteiger partial charge in [-0.15, -0.1) is 0 Å². The molecular weight excluding hydrogens is 310 g/mol. The summed E-state index contributed by atoms with van der Waals surface area (Å²) < 4.78 is 36.9. The van der Waals surface area contributed by atoms with Gasteiger partial charge < -0.3 is 14.3 Å². The van der Waals surface area contributed by atoms with Crippen molar-refractivity contribution < 1.29 is 27.5 Å². The molecule has 7 nitrogen and oxygen atoms in total. The Balaban J connectivity index is 2.38. The molecule has 1 heterocycles. The van der Waals surface area contributed by atoms with Crippen LogP contribution < -0.4 is 9.46 Å². The Labute approximate surface area is 127 Å². The van der Waals surface area contributed by atoms with Gasteiger partial charge in [0.15, 0.2) is 0 Å². The third kappa shape index (κ3) is 3.59. The van der Waals surface area contributed by atoms with Gasteiger partial charge in [0.25, 0.3) is 10.0 Å². The molecule has 1 aromatic heterocycles. The number of benzene rings is 1. The van der Waals surface area contributed by atoms with Crippen molar-refractivity contribution in [3.8, 4) is 5.75 Å². The highest BCUT2D eigenvalue weighted by molar-refractivity contribution is 7.92. The van der Waals surface area contributed by atoms with Gasteiger partial charge in [-0.2, -0.15) is 0 Å². The molecule has 0 unspecified atom stereocenters. The van der Waals surface area contributed by atoms with Crippen molar-refractivity contribution in [3.63, 3.8) is 0 Å². The minimum atomic E-state index is -3.88. The Bertz CT molecular complexity index is 752. The number of nitrogens with one attached hydrogen (secondary N) is 1. The number of aromatic carboxylic acids is 1. The summed E-state index contributed by atoms with van der Waals surface area (Å²) in [7, 11) is -3.88. The summed E-state index contributed by atoms with van der Waals surface area (Å²) in [5.41, 5.74) is 0.0169. The molecule has 0 saturated carbocycles. The first-order valence-electron chi connectivity index (χ1n) is 6.49. The molecule has 2 N–H and O–H groups in total. The number of rotatable bonds is 7. The SMILES string of the molecule is CCCOc1ccc(C(=O)O)cc1NS(=O)(=O)c1ccoc1. The van der Waals surface area contributed by atoms with E-state index < -0.39 is 16.0 Å². The molecule has 0 fully saturated rings. The van der Waals surface area contributed by atoms with Crippen LogP contribution in [0.4, 0.5) is 5.69 Å². The molecule has 118 valence electrons. The van der Waals surface area contributed by atoms with Crippen molar-refractivity contribution in [1.29, 1.82) is 0 Å². The van der Waals surface area contributed by atoms with Gasteiger partial charge in [-0.1, -0.05) is 6.92 Å². The standard InChI is InChI=1S/C14H15NO6S/c1-2-6-21-13-4-3-10(14(16)17)8-12(13)15-22(18,19)11-5-7-20-9-11/h3-5,7-9,15H,2,6H2,1H3,(H,16,17). The molecule has 0 amide bonds. The number of carboxylic acid groups (broad SMARTS) is 1. The maximum Gasteiger partial charge on any atom is 0.335 e. The highest BCUT2D eigenvalue weighted by atomic mass is 32.2. The van der Waals surface area contributed by atoms with Gasteiger partial charge in [-0.3, -0.25) is 4.72 Å². The third-order valence-corrected chi connectivity index (χ3v) is 4.08. The Morgan fingerprint density at radius 3 is 2.73 bits per heavy atom. The van der Waals surface area contributed by atoms with E-state index in [1.165, 1.54) is 30.5 Å². The summed E-state index contributed by atoms with van der Waals surface area (Å²) in [5, 5.41) is 9.03. The molecule has 0 saturated heterocycles. The van der Waals surface area contributed by atoms with Crippen LogP contribution in [-0.4, -0.2) is 26.1 Å². The quantitative estimate of drug-likeness (QED) is 0.810. The molecule has 2 rings (SSSR count). The van der Waals surface area contributed by atoms with Gasteiger partial charge in [0.2, 0.25) is 0 Å². The number of carboxylic acids is 1. The summed E-state index contributed by atoms with van der Waals surface area (Å²) in [6.07, 6.45) is 3.04. The first-order valence-corrected chi connectivity index (χ1v) is 7.97. The second-order valence-corrected chi connectivity index (χ2v) is 6.11. The lowest BCUT2D eigenvalue weighted by Crippen LogP contribution is -2.14. The molecule has 22 heavy (non-hydrogen) atoms. The van der Waals surface area contributed by atoms with Gasteiger partial charge >= 0.3 is 5.97 Å². The minimum Gasteiger partial charge on any atom is -0.491 e. The van der Waals surface area contributed by atoms with E-state index in [4.69, 9.17) is 14.3 Å². The normalized spacial score (nSPS) is 11.1. The van der Waals surface area contributed by atoms with E-state index in [-0.39, 0.29) is 21.9 Å². The van der Waals surface area contributed by atoms with Crippen LogP contribution in [0.5, 0.6) is 5.75 Å². The number of furan rings is 1. The highest BCUT2D eigenvalue weighted by Crippen LogP contribution is 2.28. The average molecular weight is 325 g/mol. The van der Waals surface area contributed by atoms with Crippen LogP contribution in [0.2, 0.25) is 0 Å².